The maximum atomic E-state index is 12.7. The molecule has 0 aliphatic heterocycles. The Morgan fingerprint density at radius 3 is 2.66 bits per heavy atom. The largest absolute Gasteiger partial charge is 0.303 e. The molecule has 0 radical (unpaired) electrons. The number of carbonyl (C=O) groups is 2. The topological polar surface area (TPSA) is 82.5 Å². The first-order chi connectivity index (χ1) is 14.1. The second-order valence-corrected chi connectivity index (χ2v) is 7.50. The number of rotatable bonds is 11. The lowest BCUT2D eigenvalue weighted by Crippen LogP contribution is -2.25. The van der Waals surface area contributed by atoms with Gasteiger partial charge in [-0.3, -0.25) is 19.8 Å². The van der Waals surface area contributed by atoms with Crippen molar-refractivity contribution >= 4 is 29.5 Å². The molecule has 0 aliphatic carbocycles. The third-order valence-electron chi connectivity index (χ3n) is 4.48. The summed E-state index contributed by atoms with van der Waals surface area (Å²) < 4.78 is 0. The number of nitrogens with zero attached hydrogens (tertiary/aromatic N) is 2. The van der Waals surface area contributed by atoms with Gasteiger partial charge in [0.1, 0.15) is 5.69 Å². The molecule has 0 spiro atoms. The number of hydrogen-bond donors (Lipinski definition) is 2. The highest BCUT2D eigenvalue weighted by Gasteiger charge is 2.13. The van der Waals surface area contributed by atoms with Crippen molar-refractivity contribution in [2.75, 3.05) is 25.4 Å². The second kappa shape index (κ2) is 12.2. The first kappa shape index (κ1) is 22.8. The Kier molecular flexibility index (Phi) is 9.56. The zero-order valence-corrected chi connectivity index (χ0v) is 17.6. The third kappa shape index (κ3) is 7.45. The number of ketones is 1. The third-order valence-corrected chi connectivity index (χ3v) is 5.58. The first-order valence-electron chi connectivity index (χ1n) is 9.61. The van der Waals surface area contributed by atoms with E-state index in [0.717, 1.165) is 41.4 Å². The van der Waals surface area contributed by atoms with Gasteiger partial charge in [-0.15, -0.1) is 11.8 Å². The number of carbonyl (C=O) groups excluding carboxylic acids is 2. The van der Waals surface area contributed by atoms with Crippen molar-refractivity contribution in [2.24, 2.45) is 0 Å². The van der Waals surface area contributed by atoms with E-state index in [1.54, 1.807) is 47.7 Å². The number of pyridine rings is 1. The van der Waals surface area contributed by atoms with Crippen LogP contribution in [0.15, 0.2) is 53.6 Å². The van der Waals surface area contributed by atoms with Gasteiger partial charge in [0.05, 0.1) is 0 Å². The van der Waals surface area contributed by atoms with Crippen molar-refractivity contribution in [2.45, 2.75) is 25.2 Å². The van der Waals surface area contributed by atoms with Gasteiger partial charge < -0.3 is 4.90 Å². The number of aromatic nitrogens is 1. The van der Waals surface area contributed by atoms with Gasteiger partial charge >= 0.3 is 0 Å². The van der Waals surface area contributed by atoms with E-state index in [1.807, 2.05) is 18.2 Å². The predicted octanol–water partition coefficient (Wildman–Crippen LogP) is 3.46. The van der Waals surface area contributed by atoms with Crippen LogP contribution < -0.4 is 5.48 Å². The Morgan fingerprint density at radius 2 is 2.00 bits per heavy atom. The minimum atomic E-state index is -0.603. The highest BCUT2D eigenvalue weighted by atomic mass is 32.2. The number of hydroxylamine groups is 1. The van der Waals surface area contributed by atoms with E-state index in [9.17, 15) is 9.59 Å². The van der Waals surface area contributed by atoms with Crippen LogP contribution in [0.3, 0.4) is 0 Å². The molecule has 6 nitrogen and oxygen atoms in total. The van der Waals surface area contributed by atoms with Crippen molar-refractivity contribution in [1.29, 1.82) is 0 Å². The van der Waals surface area contributed by atoms with Gasteiger partial charge in [-0.05, 0) is 48.5 Å². The Balaban J connectivity index is 2.20. The van der Waals surface area contributed by atoms with E-state index >= 15 is 0 Å². The maximum absolute atomic E-state index is 12.7. The zero-order chi connectivity index (χ0) is 21.1. The van der Waals surface area contributed by atoms with Crippen molar-refractivity contribution in [3.63, 3.8) is 0 Å². The Hall–Kier alpha value is -2.48. The molecule has 1 aromatic carbocycles. The van der Waals surface area contributed by atoms with Crippen LogP contribution in [0.1, 0.15) is 35.5 Å². The molecule has 29 heavy (non-hydrogen) atoms. The number of Topliss-reactive ketones (excluding diaryl/α,β-unsaturated/α-hetero) is 1. The van der Waals surface area contributed by atoms with Crippen molar-refractivity contribution < 1.29 is 14.8 Å². The number of amides is 1. The molecule has 0 saturated carbocycles. The molecule has 1 aromatic heterocycles. The lowest BCUT2D eigenvalue weighted by Gasteiger charge is -2.18. The summed E-state index contributed by atoms with van der Waals surface area (Å²) in [7, 11) is 0. The molecule has 154 valence electrons. The average Bonchev–Trinajstić information content (AvgIpc) is 2.76. The molecule has 2 aromatic rings. The van der Waals surface area contributed by atoms with Crippen LogP contribution in [0, 0.1) is 0 Å². The van der Waals surface area contributed by atoms with Crippen molar-refractivity contribution in [1.82, 2.24) is 15.4 Å². The van der Waals surface area contributed by atoms with Crippen LogP contribution in [-0.2, 0) is 11.2 Å². The summed E-state index contributed by atoms with van der Waals surface area (Å²) in [5, 5.41) is 8.63. The normalized spacial score (nSPS) is 11.2. The van der Waals surface area contributed by atoms with E-state index < -0.39 is 5.91 Å². The van der Waals surface area contributed by atoms with Gasteiger partial charge in [-0.25, -0.2) is 5.48 Å². The van der Waals surface area contributed by atoms with Gasteiger partial charge in [0, 0.05) is 35.9 Å². The molecule has 1 heterocycles. The van der Waals surface area contributed by atoms with Crippen LogP contribution in [0.25, 0.3) is 6.08 Å². The number of nitrogens with one attached hydrogen (secondary N) is 1. The summed E-state index contributed by atoms with van der Waals surface area (Å²) >= 11 is 1.72. The highest BCUT2D eigenvalue weighted by Crippen LogP contribution is 2.26. The molecular formula is C22H27N3O3S. The molecule has 2 N–H and O–H groups in total. The molecule has 0 saturated heterocycles. The summed E-state index contributed by atoms with van der Waals surface area (Å²) in [5.41, 5.74) is 3.69. The van der Waals surface area contributed by atoms with Gasteiger partial charge in [0.25, 0.3) is 5.91 Å². The van der Waals surface area contributed by atoms with E-state index in [0.29, 0.717) is 5.69 Å². The van der Waals surface area contributed by atoms with Gasteiger partial charge in [0.2, 0.25) is 0 Å². The standard InChI is InChI=1S/C22H27N3O3S/c1-3-25(4-2)13-14-29-21-10-8-17(9-11-22(27)24-28)15-18(21)16-20(26)19-7-5-6-12-23-19/h5-12,15,28H,3-4,13-14,16H2,1-2H3,(H,24,27)/b11-9+. The molecule has 0 bridgehead atoms. The van der Waals surface area contributed by atoms with Crippen molar-refractivity contribution in [3.05, 3.63) is 65.5 Å². The lowest BCUT2D eigenvalue weighted by molar-refractivity contribution is -0.124. The molecule has 0 unspecified atom stereocenters. The first-order valence-corrected chi connectivity index (χ1v) is 10.6. The van der Waals surface area contributed by atoms with E-state index in [4.69, 9.17) is 5.21 Å². The van der Waals surface area contributed by atoms with Crippen LogP contribution in [0.5, 0.6) is 0 Å². The lowest BCUT2D eigenvalue weighted by atomic mass is 10.0. The highest BCUT2D eigenvalue weighted by molar-refractivity contribution is 7.99. The fraction of sp³-hybridized carbons (Fsp3) is 0.318. The second-order valence-electron chi connectivity index (χ2n) is 6.37. The van der Waals surface area contributed by atoms with Crippen molar-refractivity contribution in [3.8, 4) is 0 Å². The SMILES string of the molecule is CCN(CC)CCSc1ccc(/C=C/C(=O)NO)cc1CC(=O)c1ccccn1. The molecule has 0 aliphatic rings. The quantitative estimate of drug-likeness (QED) is 0.193. The Labute approximate surface area is 176 Å². The van der Waals surface area contributed by atoms with Crippen LogP contribution in [-0.4, -0.2) is 52.2 Å². The molecule has 0 fully saturated rings. The van der Waals surface area contributed by atoms with Crippen LogP contribution in [0.2, 0.25) is 0 Å². The van der Waals surface area contributed by atoms with Gasteiger partial charge in [-0.2, -0.15) is 0 Å². The predicted molar refractivity (Wildman–Crippen MR) is 116 cm³/mol. The Bertz CT molecular complexity index is 836. The molecule has 1 amide bonds. The summed E-state index contributed by atoms with van der Waals surface area (Å²) in [4.78, 5) is 31.5. The van der Waals surface area contributed by atoms with E-state index in [1.165, 1.54) is 6.08 Å². The monoisotopic (exact) mass is 413 g/mol. The number of benzene rings is 1. The van der Waals surface area contributed by atoms with Gasteiger partial charge in [-0.1, -0.05) is 32.0 Å². The summed E-state index contributed by atoms with van der Waals surface area (Å²) in [6.07, 6.45) is 4.69. The van der Waals surface area contributed by atoms with E-state index in [-0.39, 0.29) is 12.2 Å². The van der Waals surface area contributed by atoms with Crippen LogP contribution in [0.4, 0.5) is 0 Å². The number of hydrogen-bond acceptors (Lipinski definition) is 6. The molecular weight excluding hydrogens is 386 g/mol. The van der Waals surface area contributed by atoms with Crippen LogP contribution >= 0.6 is 11.8 Å². The minimum absolute atomic E-state index is 0.0505. The smallest absolute Gasteiger partial charge is 0.267 e. The summed E-state index contributed by atoms with van der Waals surface area (Å²) in [5.74, 6) is 0.272. The molecule has 7 heteroatoms. The fourth-order valence-electron chi connectivity index (χ4n) is 2.81. The summed E-state index contributed by atoms with van der Waals surface area (Å²) in [6.45, 7) is 7.30. The maximum Gasteiger partial charge on any atom is 0.267 e. The average molecular weight is 414 g/mol. The summed E-state index contributed by atoms with van der Waals surface area (Å²) in [6, 6.07) is 11.1. The zero-order valence-electron chi connectivity index (χ0n) is 16.8. The van der Waals surface area contributed by atoms with Gasteiger partial charge in [0.15, 0.2) is 5.78 Å². The molecule has 0 atom stereocenters. The fourth-order valence-corrected chi connectivity index (χ4v) is 3.86. The van der Waals surface area contributed by atoms with E-state index in [2.05, 4.69) is 23.7 Å². The molecule has 2 rings (SSSR count). The number of thioether (sulfide) groups is 1. The Morgan fingerprint density at radius 1 is 1.21 bits per heavy atom. The minimum Gasteiger partial charge on any atom is -0.303 e.